The minimum absolute atomic E-state index is 0.138. The Kier molecular flexibility index (Phi) is 5.64. The highest BCUT2D eigenvalue weighted by Crippen LogP contribution is 2.33. The van der Waals surface area contributed by atoms with Gasteiger partial charge in [0.25, 0.3) is 0 Å². The summed E-state index contributed by atoms with van der Waals surface area (Å²) in [7, 11) is 1.74. The van der Waals surface area contributed by atoms with Crippen LogP contribution in [0.2, 0.25) is 5.02 Å². The van der Waals surface area contributed by atoms with E-state index in [-0.39, 0.29) is 12.1 Å². The van der Waals surface area contributed by atoms with Gasteiger partial charge in [-0.05, 0) is 31.0 Å². The molecule has 2 atom stereocenters. The Morgan fingerprint density at radius 2 is 2.16 bits per heavy atom. The highest BCUT2D eigenvalue weighted by atomic mass is 35.5. The fourth-order valence-corrected chi connectivity index (χ4v) is 3.11. The molecule has 106 valence electrons. The summed E-state index contributed by atoms with van der Waals surface area (Å²) in [5.41, 5.74) is 7.55. The van der Waals surface area contributed by atoms with E-state index >= 15 is 0 Å². The van der Waals surface area contributed by atoms with Crippen LogP contribution in [-0.4, -0.2) is 37.7 Å². The fourth-order valence-electron chi connectivity index (χ4n) is 2.86. The molecule has 1 aromatic rings. The first-order valence-corrected chi connectivity index (χ1v) is 7.35. The lowest BCUT2D eigenvalue weighted by molar-refractivity contribution is 0.115. The number of nitrogens with zero attached hydrogens (tertiary/aromatic N) is 1. The maximum absolute atomic E-state index is 6.40. The third-order valence-corrected chi connectivity index (χ3v) is 4.18. The van der Waals surface area contributed by atoms with E-state index in [1.54, 1.807) is 7.11 Å². The minimum atomic E-state index is 0.138. The molecule has 1 fully saturated rings. The maximum atomic E-state index is 6.40. The van der Waals surface area contributed by atoms with Crippen LogP contribution in [0.5, 0.6) is 0 Å². The monoisotopic (exact) mass is 282 g/mol. The topological polar surface area (TPSA) is 38.5 Å². The SMILES string of the molecule is COCCN1CCCCC(N)C1c1ccccc1Cl. The number of likely N-dealkylation sites (tertiary alicyclic amines) is 1. The van der Waals surface area contributed by atoms with E-state index in [2.05, 4.69) is 11.0 Å². The van der Waals surface area contributed by atoms with E-state index in [1.807, 2.05) is 18.2 Å². The third kappa shape index (κ3) is 3.69. The molecule has 0 saturated carbocycles. The zero-order valence-electron chi connectivity index (χ0n) is 11.5. The molecule has 0 amide bonds. The van der Waals surface area contributed by atoms with Gasteiger partial charge in [-0.25, -0.2) is 0 Å². The number of methoxy groups -OCH3 is 1. The molecule has 0 aromatic heterocycles. The van der Waals surface area contributed by atoms with Gasteiger partial charge >= 0.3 is 0 Å². The van der Waals surface area contributed by atoms with Crippen molar-refractivity contribution in [1.29, 1.82) is 0 Å². The molecule has 2 rings (SSSR count). The lowest BCUT2D eigenvalue weighted by Gasteiger charge is -2.34. The summed E-state index contributed by atoms with van der Waals surface area (Å²) in [6.07, 6.45) is 3.43. The molecular formula is C15H23ClN2O. The molecule has 4 heteroatoms. The molecule has 1 aliphatic heterocycles. The molecule has 1 saturated heterocycles. The molecule has 0 radical (unpaired) electrons. The molecule has 2 N–H and O–H groups in total. The van der Waals surface area contributed by atoms with Gasteiger partial charge in [-0.1, -0.05) is 36.2 Å². The first-order chi connectivity index (χ1) is 9.24. The Morgan fingerprint density at radius 3 is 2.89 bits per heavy atom. The van der Waals surface area contributed by atoms with E-state index in [4.69, 9.17) is 22.1 Å². The van der Waals surface area contributed by atoms with Crippen LogP contribution < -0.4 is 5.73 Å². The van der Waals surface area contributed by atoms with Crippen molar-refractivity contribution in [2.45, 2.75) is 31.3 Å². The van der Waals surface area contributed by atoms with Crippen molar-refractivity contribution in [3.8, 4) is 0 Å². The van der Waals surface area contributed by atoms with Crippen molar-refractivity contribution in [2.24, 2.45) is 5.73 Å². The summed E-state index contributed by atoms with van der Waals surface area (Å²) in [5.74, 6) is 0. The van der Waals surface area contributed by atoms with Crippen LogP contribution >= 0.6 is 11.6 Å². The molecule has 2 unspecified atom stereocenters. The molecule has 1 aliphatic rings. The van der Waals surface area contributed by atoms with Gasteiger partial charge in [0.05, 0.1) is 12.6 Å². The number of rotatable bonds is 4. The van der Waals surface area contributed by atoms with Gasteiger partial charge in [-0.15, -0.1) is 0 Å². The maximum Gasteiger partial charge on any atom is 0.0589 e. The van der Waals surface area contributed by atoms with Gasteiger partial charge in [0.2, 0.25) is 0 Å². The van der Waals surface area contributed by atoms with Crippen LogP contribution in [0, 0.1) is 0 Å². The van der Waals surface area contributed by atoms with Crippen LogP contribution in [0.4, 0.5) is 0 Å². The van der Waals surface area contributed by atoms with Gasteiger partial charge in [0.15, 0.2) is 0 Å². The summed E-state index contributed by atoms with van der Waals surface area (Å²) in [4.78, 5) is 2.42. The normalized spacial score (nSPS) is 25.2. The van der Waals surface area contributed by atoms with Gasteiger partial charge in [-0.3, -0.25) is 4.90 Å². The first kappa shape index (κ1) is 14.8. The summed E-state index contributed by atoms with van der Waals surface area (Å²) < 4.78 is 5.22. The molecular weight excluding hydrogens is 260 g/mol. The van der Waals surface area contributed by atoms with E-state index in [0.29, 0.717) is 0 Å². The van der Waals surface area contributed by atoms with E-state index < -0.39 is 0 Å². The Morgan fingerprint density at radius 1 is 1.37 bits per heavy atom. The van der Waals surface area contributed by atoms with Crippen molar-refractivity contribution < 1.29 is 4.74 Å². The van der Waals surface area contributed by atoms with Gasteiger partial charge in [0, 0.05) is 24.7 Å². The number of nitrogens with two attached hydrogens (primary N) is 1. The Hall–Kier alpha value is -0.610. The van der Waals surface area contributed by atoms with Gasteiger partial charge < -0.3 is 10.5 Å². The lowest BCUT2D eigenvalue weighted by Crippen LogP contribution is -2.41. The molecule has 1 heterocycles. The fraction of sp³-hybridized carbons (Fsp3) is 0.600. The standard InChI is InChI=1S/C15H23ClN2O/c1-19-11-10-18-9-5-4-8-14(17)15(18)12-6-2-3-7-13(12)16/h2-3,6-7,14-15H,4-5,8-11,17H2,1H3. The molecule has 3 nitrogen and oxygen atoms in total. The van der Waals surface area contributed by atoms with E-state index in [1.165, 1.54) is 12.8 Å². The molecule has 1 aromatic carbocycles. The summed E-state index contributed by atoms with van der Waals surface area (Å²) in [5, 5.41) is 0.812. The zero-order valence-corrected chi connectivity index (χ0v) is 12.3. The van der Waals surface area contributed by atoms with Crippen molar-refractivity contribution >= 4 is 11.6 Å². The first-order valence-electron chi connectivity index (χ1n) is 6.97. The van der Waals surface area contributed by atoms with E-state index in [9.17, 15) is 0 Å². The molecule has 19 heavy (non-hydrogen) atoms. The number of benzene rings is 1. The second-order valence-corrected chi connectivity index (χ2v) is 5.56. The number of hydrogen-bond acceptors (Lipinski definition) is 3. The Labute approximate surface area is 120 Å². The van der Waals surface area contributed by atoms with E-state index in [0.717, 1.165) is 36.7 Å². The van der Waals surface area contributed by atoms with Gasteiger partial charge in [0.1, 0.15) is 0 Å². The van der Waals surface area contributed by atoms with Crippen LogP contribution in [0.15, 0.2) is 24.3 Å². The molecule has 0 aliphatic carbocycles. The summed E-state index contributed by atoms with van der Waals surface area (Å²) in [6.45, 7) is 2.70. The summed E-state index contributed by atoms with van der Waals surface area (Å²) >= 11 is 6.36. The predicted molar refractivity (Wildman–Crippen MR) is 79.5 cm³/mol. The predicted octanol–water partition coefficient (Wildman–Crippen LogP) is 2.84. The van der Waals surface area contributed by atoms with Crippen molar-refractivity contribution in [2.75, 3.05) is 26.8 Å². The molecule has 0 spiro atoms. The average molecular weight is 283 g/mol. The second-order valence-electron chi connectivity index (χ2n) is 5.15. The van der Waals surface area contributed by atoms with Crippen molar-refractivity contribution in [3.05, 3.63) is 34.9 Å². The van der Waals surface area contributed by atoms with Crippen molar-refractivity contribution in [3.63, 3.8) is 0 Å². The Bertz CT molecular complexity index is 399. The van der Waals surface area contributed by atoms with Crippen LogP contribution in [-0.2, 0) is 4.74 Å². The average Bonchev–Trinajstić information content (AvgIpc) is 2.59. The minimum Gasteiger partial charge on any atom is -0.383 e. The Balaban J connectivity index is 2.26. The number of halogens is 1. The van der Waals surface area contributed by atoms with Crippen LogP contribution in [0.25, 0.3) is 0 Å². The van der Waals surface area contributed by atoms with Crippen LogP contribution in [0.3, 0.4) is 0 Å². The highest BCUT2D eigenvalue weighted by molar-refractivity contribution is 6.31. The van der Waals surface area contributed by atoms with Crippen molar-refractivity contribution in [1.82, 2.24) is 4.90 Å². The molecule has 0 bridgehead atoms. The second kappa shape index (κ2) is 7.25. The third-order valence-electron chi connectivity index (χ3n) is 3.84. The zero-order chi connectivity index (χ0) is 13.7. The quantitative estimate of drug-likeness (QED) is 0.923. The highest BCUT2D eigenvalue weighted by Gasteiger charge is 2.29. The number of ether oxygens (including phenoxy) is 1. The largest absolute Gasteiger partial charge is 0.383 e. The summed E-state index contributed by atoms with van der Waals surface area (Å²) in [6, 6.07) is 8.38. The lowest BCUT2D eigenvalue weighted by atomic mass is 9.96. The smallest absolute Gasteiger partial charge is 0.0589 e. The number of hydrogen-bond donors (Lipinski definition) is 1. The van der Waals surface area contributed by atoms with Gasteiger partial charge in [-0.2, -0.15) is 0 Å². The van der Waals surface area contributed by atoms with Crippen LogP contribution in [0.1, 0.15) is 30.9 Å².